The Morgan fingerprint density at radius 1 is 0.781 bits per heavy atom. The number of esters is 1. The quantitative estimate of drug-likeness (QED) is 0.174. The van der Waals surface area contributed by atoms with Crippen LogP contribution < -0.4 is 15.9 Å². The van der Waals surface area contributed by atoms with Crippen LogP contribution in [0.5, 0.6) is 0 Å². The third-order valence-corrected chi connectivity index (χ3v) is 16.4. The third kappa shape index (κ3) is 4.85. The third-order valence-electron chi connectivity index (χ3n) is 6.34. The Labute approximate surface area is 201 Å². The second kappa shape index (κ2) is 10.3. The molecule has 0 atom stereocenters. The monoisotopic (exact) mass is 512 g/mol. The van der Waals surface area contributed by atoms with E-state index in [4.69, 9.17) is 4.74 Å². The molecule has 2 nitrogen and oxygen atoms in total. The molecule has 0 bridgehead atoms. The molecule has 32 heavy (non-hydrogen) atoms. The summed E-state index contributed by atoms with van der Waals surface area (Å²) in [4.78, 5) is 12.4. The fraction of sp³-hybridized carbons (Fsp3) is 0.321. The molecule has 0 saturated carbocycles. The minimum atomic E-state index is -2.88. The molecule has 4 heteroatoms. The van der Waals surface area contributed by atoms with Gasteiger partial charge in [0.1, 0.15) is 0 Å². The van der Waals surface area contributed by atoms with Gasteiger partial charge in [-0.1, -0.05) is 0 Å². The number of hydrogen-bond acceptors (Lipinski definition) is 2. The fourth-order valence-electron chi connectivity index (χ4n) is 4.46. The number of carbonyl (C=O) groups excluding carboxylic acids is 1. The van der Waals surface area contributed by atoms with E-state index in [0.29, 0.717) is 6.61 Å². The minimum absolute atomic E-state index is 0.106. The normalized spacial score (nSPS) is 13.2. The molecule has 0 amide bonds. The molecule has 0 saturated heterocycles. The second-order valence-electron chi connectivity index (χ2n) is 8.97. The van der Waals surface area contributed by atoms with Gasteiger partial charge in [0.25, 0.3) is 0 Å². The van der Waals surface area contributed by atoms with Gasteiger partial charge in [0.2, 0.25) is 0 Å². The first-order valence-corrected chi connectivity index (χ1v) is 15.8. The van der Waals surface area contributed by atoms with Gasteiger partial charge < -0.3 is 0 Å². The van der Waals surface area contributed by atoms with Crippen LogP contribution in [0.25, 0.3) is 0 Å². The number of halogens is 1. The van der Waals surface area contributed by atoms with E-state index in [2.05, 4.69) is 106 Å². The van der Waals surface area contributed by atoms with Crippen LogP contribution in [-0.2, 0) is 9.53 Å². The number of rotatable bonds is 10. The van der Waals surface area contributed by atoms with Crippen molar-refractivity contribution in [3.05, 3.63) is 91.0 Å². The predicted molar refractivity (Wildman–Crippen MR) is 143 cm³/mol. The molecule has 3 rings (SSSR count). The van der Waals surface area contributed by atoms with Crippen LogP contribution in [0, 0.1) is 5.41 Å². The van der Waals surface area contributed by atoms with Crippen molar-refractivity contribution in [3.63, 3.8) is 0 Å². The van der Waals surface area contributed by atoms with Crippen LogP contribution in [-0.4, -0.2) is 18.7 Å². The van der Waals surface area contributed by atoms with Gasteiger partial charge in [-0.25, -0.2) is 0 Å². The van der Waals surface area contributed by atoms with Gasteiger partial charge in [-0.15, -0.1) is 0 Å². The summed E-state index contributed by atoms with van der Waals surface area (Å²) in [5.41, 5.74) is -0.467. The molecular formula is C28H34BrO2P. The first-order valence-electron chi connectivity index (χ1n) is 11.4. The molecule has 3 aromatic carbocycles. The number of unbranched alkanes of at least 4 members (excludes halogenated alkanes) is 1. The maximum absolute atomic E-state index is 12.4. The van der Waals surface area contributed by atoms with Gasteiger partial charge in [0, 0.05) is 0 Å². The Bertz CT molecular complexity index is 904. The zero-order valence-electron chi connectivity index (χ0n) is 19.3. The van der Waals surface area contributed by atoms with Crippen LogP contribution in [0.2, 0.25) is 0 Å². The van der Waals surface area contributed by atoms with Crippen LogP contribution in [0.4, 0.5) is 0 Å². The summed E-state index contributed by atoms with van der Waals surface area (Å²) in [6.45, 7) is 6.27. The van der Waals surface area contributed by atoms with E-state index in [1.807, 2.05) is 20.8 Å². The summed E-state index contributed by atoms with van der Waals surface area (Å²) in [6, 6.07) is 32.6. The topological polar surface area (TPSA) is 26.3 Å². The molecule has 0 aliphatic heterocycles. The van der Waals surface area contributed by atoms with Crippen molar-refractivity contribution in [1.29, 1.82) is 0 Å². The summed E-state index contributed by atoms with van der Waals surface area (Å²) < 4.78 is 5.29. The summed E-state index contributed by atoms with van der Waals surface area (Å²) >= 11 is 4.49. The molecule has 3 aromatic rings. The van der Waals surface area contributed by atoms with E-state index in [1.165, 1.54) is 15.9 Å². The molecule has 0 aliphatic carbocycles. The Balaban J connectivity index is 2.01. The summed E-state index contributed by atoms with van der Waals surface area (Å²) in [5.74, 6) is -0.106. The van der Waals surface area contributed by atoms with Crippen LogP contribution in [0.3, 0.4) is 0 Å². The molecule has 0 fully saturated rings. The van der Waals surface area contributed by atoms with Crippen LogP contribution >= 0.6 is 20.8 Å². The predicted octanol–water partition coefficient (Wildman–Crippen LogP) is 6.59. The second-order valence-corrected chi connectivity index (χ2v) is 18.0. The number of benzene rings is 3. The zero-order valence-corrected chi connectivity index (χ0v) is 21.8. The van der Waals surface area contributed by atoms with Gasteiger partial charge in [-0.3, -0.25) is 0 Å². The van der Waals surface area contributed by atoms with Crippen molar-refractivity contribution in [3.8, 4) is 0 Å². The Hall–Kier alpha value is -1.96. The summed E-state index contributed by atoms with van der Waals surface area (Å²) in [6.07, 6.45) is 3.76. The number of hydrogen-bond donors (Lipinski definition) is 0. The molecule has 0 unspecified atom stereocenters. The van der Waals surface area contributed by atoms with E-state index in [0.717, 1.165) is 25.4 Å². The van der Waals surface area contributed by atoms with E-state index >= 15 is 0 Å². The summed E-state index contributed by atoms with van der Waals surface area (Å²) in [5, 5.41) is 1.12. The van der Waals surface area contributed by atoms with Crippen molar-refractivity contribution >= 4 is 42.7 Å². The van der Waals surface area contributed by atoms with E-state index in [1.54, 1.807) is 0 Å². The molecule has 0 heterocycles. The molecular weight excluding hydrogens is 479 g/mol. The van der Waals surface area contributed by atoms with Crippen molar-refractivity contribution in [1.82, 2.24) is 0 Å². The van der Waals surface area contributed by atoms with Gasteiger partial charge in [0.15, 0.2) is 0 Å². The average molecular weight is 513 g/mol. The zero-order chi connectivity index (χ0) is 23.1. The SMILES string of the molecule is CCOC(=O)C(C)(C)CCCCP(Br)(c1ccccc1)(c1ccccc1)c1ccccc1. The molecule has 0 aliphatic rings. The molecule has 0 aromatic heterocycles. The van der Waals surface area contributed by atoms with Gasteiger partial charge in [0.05, 0.1) is 0 Å². The van der Waals surface area contributed by atoms with Crippen molar-refractivity contribution in [2.45, 2.75) is 40.0 Å². The maximum atomic E-state index is 12.4. The van der Waals surface area contributed by atoms with Crippen molar-refractivity contribution in [2.75, 3.05) is 12.8 Å². The molecule has 0 N–H and O–H groups in total. The fourth-order valence-corrected chi connectivity index (χ4v) is 12.2. The van der Waals surface area contributed by atoms with E-state index in [9.17, 15) is 4.79 Å². The number of ether oxygens (including phenoxy) is 1. The van der Waals surface area contributed by atoms with E-state index in [-0.39, 0.29) is 5.97 Å². The number of carbonyl (C=O) groups is 1. The standard InChI is InChI=1S/C28H34BrO2P/c1-4-31-27(30)28(2,3)22-14-15-23-32(29,24-16-8-5-9-17-24,25-18-10-6-11-19-25)26-20-12-7-13-21-26/h5-13,16-21H,4,14-15,22-23H2,1-3H3. The van der Waals surface area contributed by atoms with Crippen molar-refractivity contribution in [2.24, 2.45) is 5.41 Å². The molecule has 0 radical (unpaired) electrons. The van der Waals surface area contributed by atoms with E-state index < -0.39 is 10.7 Å². The average Bonchev–Trinajstić information content (AvgIpc) is 2.84. The van der Waals surface area contributed by atoms with Gasteiger partial charge in [-0.2, -0.15) is 0 Å². The summed E-state index contributed by atoms with van der Waals surface area (Å²) in [7, 11) is 0. The van der Waals surface area contributed by atoms with Crippen LogP contribution in [0.15, 0.2) is 91.0 Å². The van der Waals surface area contributed by atoms with Gasteiger partial charge in [-0.05, 0) is 0 Å². The van der Waals surface area contributed by atoms with Crippen LogP contribution in [0.1, 0.15) is 40.0 Å². The van der Waals surface area contributed by atoms with Gasteiger partial charge >= 0.3 is 201 Å². The Kier molecular flexibility index (Phi) is 7.96. The Morgan fingerprint density at radius 2 is 1.19 bits per heavy atom. The molecule has 170 valence electrons. The molecule has 0 spiro atoms. The van der Waals surface area contributed by atoms with Crippen molar-refractivity contribution < 1.29 is 9.53 Å². The first kappa shape index (κ1) is 24.7. The first-order chi connectivity index (χ1) is 15.3. The Morgan fingerprint density at radius 3 is 1.56 bits per heavy atom.